The van der Waals surface area contributed by atoms with E-state index in [-0.39, 0.29) is 40.4 Å². The van der Waals surface area contributed by atoms with E-state index in [2.05, 4.69) is 31.2 Å². The third kappa shape index (κ3) is 6.17. The second kappa shape index (κ2) is 11.5. The Bertz CT molecular complexity index is 1140. The number of nitrogens with zero attached hydrogens (tertiary/aromatic N) is 3. The molecule has 190 valence electrons. The minimum Gasteiger partial charge on any atom is -0.452 e. The van der Waals surface area contributed by atoms with Crippen LogP contribution in [0.25, 0.3) is 0 Å². The van der Waals surface area contributed by atoms with Crippen LogP contribution in [0.4, 0.5) is 4.39 Å². The molecule has 11 heteroatoms. The summed E-state index contributed by atoms with van der Waals surface area (Å²) in [7, 11) is 3.20. The van der Waals surface area contributed by atoms with Crippen LogP contribution in [0.15, 0.2) is 33.7 Å². The maximum absolute atomic E-state index is 14.5. The van der Waals surface area contributed by atoms with Crippen molar-refractivity contribution in [3.63, 3.8) is 0 Å². The zero-order valence-corrected chi connectivity index (χ0v) is 23.0. The molecule has 0 bridgehead atoms. The Morgan fingerprint density at radius 2 is 1.91 bits per heavy atom. The monoisotopic (exact) mass is 570 g/mol. The summed E-state index contributed by atoms with van der Waals surface area (Å²) in [4.78, 5) is 33.2. The summed E-state index contributed by atoms with van der Waals surface area (Å²) in [5.41, 5.74) is -0.482. The zero-order chi connectivity index (χ0) is 26.6. The van der Waals surface area contributed by atoms with Crippen molar-refractivity contribution in [2.24, 2.45) is 4.99 Å². The lowest BCUT2D eigenvalue weighted by atomic mass is 9.77. The molecule has 1 atom stereocenters. The van der Waals surface area contributed by atoms with E-state index in [1.54, 1.807) is 25.3 Å². The van der Waals surface area contributed by atoms with E-state index >= 15 is 0 Å². The summed E-state index contributed by atoms with van der Waals surface area (Å²) in [6.45, 7) is 10.1. The highest BCUT2D eigenvalue weighted by Gasteiger charge is 2.49. The Labute approximate surface area is 218 Å². The number of pyridine rings is 1. The maximum Gasteiger partial charge on any atom is 0.257 e. The van der Waals surface area contributed by atoms with Crippen molar-refractivity contribution in [2.75, 3.05) is 14.2 Å². The average Bonchev–Trinajstić information content (AvgIpc) is 2.80. The SMILES string of the molecule is CC.CN1C(=O)CC2(N=C1NC=O)c1cc(Br)ccc1Oc1c2cc(Cl)nc1F.COC(C)(C)C. The van der Waals surface area contributed by atoms with Gasteiger partial charge >= 0.3 is 0 Å². The smallest absolute Gasteiger partial charge is 0.257 e. The minimum atomic E-state index is -1.32. The average molecular weight is 572 g/mol. The van der Waals surface area contributed by atoms with Gasteiger partial charge in [-0.3, -0.25) is 19.8 Å². The van der Waals surface area contributed by atoms with Gasteiger partial charge in [0, 0.05) is 29.8 Å². The van der Waals surface area contributed by atoms with Crippen LogP contribution >= 0.6 is 27.5 Å². The van der Waals surface area contributed by atoms with Crippen LogP contribution in [0.2, 0.25) is 5.15 Å². The van der Waals surface area contributed by atoms with Gasteiger partial charge in [-0.2, -0.15) is 4.39 Å². The molecule has 2 aliphatic heterocycles. The van der Waals surface area contributed by atoms with E-state index in [4.69, 9.17) is 21.1 Å². The number of aliphatic imine (C=N–C) groups is 1. The zero-order valence-electron chi connectivity index (χ0n) is 20.7. The molecule has 1 N–H and O–H groups in total. The summed E-state index contributed by atoms with van der Waals surface area (Å²) in [5, 5.41) is 2.32. The van der Waals surface area contributed by atoms with Gasteiger partial charge in [-0.1, -0.05) is 41.4 Å². The number of carbonyl (C=O) groups is 2. The number of halogens is 3. The summed E-state index contributed by atoms with van der Waals surface area (Å²) in [5.74, 6) is -1.01. The first-order valence-corrected chi connectivity index (χ1v) is 12.0. The molecule has 8 nitrogen and oxygen atoms in total. The van der Waals surface area contributed by atoms with Gasteiger partial charge < -0.3 is 9.47 Å². The number of amides is 2. The molecule has 1 spiro atoms. The molecule has 2 aromatic rings. The van der Waals surface area contributed by atoms with Gasteiger partial charge in [0.15, 0.2) is 5.75 Å². The van der Waals surface area contributed by atoms with E-state index in [0.29, 0.717) is 17.7 Å². The summed E-state index contributed by atoms with van der Waals surface area (Å²) < 4.78 is 25.9. The first-order chi connectivity index (χ1) is 16.4. The Morgan fingerprint density at radius 1 is 1.29 bits per heavy atom. The minimum absolute atomic E-state index is 0.0355. The maximum atomic E-state index is 14.5. The number of nitrogens with one attached hydrogen (secondary N) is 1. The Morgan fingerprint density at radius 3 is 2.49 bits per heavy atom. The highest BCUT2D eigenvalue weighted by Crippen LogP contribution is 2.53. The Balaban J connectivity index is 0.000000474. The number of aromatic nitrogens is 1. The lowest BCUT2D eigenvalue weighted by molar-refractivity contribution is -0.128. The number of ether oxygens (including phenoxy) is 2. The van der Waals surface area contributed by atoms with Gasteiger partial charge in [-0.15, -0.1) is 0 Å². The van der Waals surface area contributed by atoms with Gasteiger partial charge in [-0.25, -0.2) is 9.98 Å². The Hall–Kier alpha value is -2.56. The van der Waals surface area contributed by atoms with Gasteiger partial charge in [-0.05, 0) is 45.0 Å². The third-order valence-corrected chi connectivity index (χ3v) is 5.83. The van der Waals surface area contributed by atoms with Crippen molar-refractivity contribution >= 4 is 45.8 Å². The quantitative estimate of drug-likeness (QED) is 0.365. The molecule has 1 unspecified atom stereocenters. The van der Waals surface area contributed by atoms with Gasteiger partial charge in [0.05, 0.1) is 12.0 Å². The summed E-state index contributed by atoms with van der Waals surface area (Å²) in [6.07, 6.45) is 0.316. The lowest BCUT2D eigenvalue weighted by Crippen LogP contribution is -2.51. The molecule has 1 aromatic heterocycles. The fraction of sp³-hybridized carbons (Fsp3) is 0.417. The van der Waals surface area contributed by atoms with Crippen LogP contribution in [-0.2, 0) is 19.9 Å². The molecule has 0 saturated carbocycles. The first kappa shape index (κ1) is 28.7. The first-order valence-electron chi connectivity index (χ1n) is 10.9. The van der Waals surface area contributed by atoms with Gasteiger partial charge in [0.25, 0.3) is 5.95 Å². The fourth-order valence-corrected chi connectivity index (χ4v) is 3.83. The topological polar surface area (TPSA) is 93.1 Å². The van der Waals surface area contributed by atoms with Crippen molar-refractivity contribution < 1.29 is 23.5 Å². The van der Waals surface area contributed by atoms with Crippen molar-refractivity contribution in [2.45, 2.75) is 52.2 Å². The summed E-state index contributed by atoms with van der Waals surface area (Å²) >= 11 is 9.37. The highest BCUT2D eigenvalue weighted by atomic mass is 79.9. The number of hydrogen-bond acceptors (Lipinski definition) is 6. The molecule has 2 amide bonds. The van der Waals surface area contributed by atoms with Gasteiger partial charge in [0.2, 0.25) is 18.3 Å². The van der Waals surface area contributed by atoms with Crippen molar-refractivity contribution in [3.8, 4) is 11.5 Å². The van der Waals surface area contributed by atoms with Crippen LogP contribution in [0, 0.1) is 5.95 Å². The number of guanidine groups is 1. The molecule has 0 saturated heterocycles. The van der Waals surface area contributed by atoms with E-state index in [1.807, 2.05) is 34.6 Å². The molecule has 0 fully saturated rings. The molecular formula is C24H29BrClFN4O4. The van der Waals surface area contributed by atoms with Crippen LogP contribution in [0.5, 0.6) is 11.5 Å². The second-order valence-corrected chi connectivity index (χ2v) is 9.66. The molecule has 4 rings (SSSR count). The molecule has 3 heterocycles. The number of methoxy groups -OCH3 is 1. The van der Waals surface area contributed by atoms with E-state index < -0.39 is 11.5 Å². The molecule has 35 heavy (non-hydrogen) atoms. The summed E-state index contributed by atoms with van der Waals surface area (Å²) in [6, 6.07) is 6.53. The number of fused-ring (bicyclic) bond motifs is 4. The number of benzene rings is 1. The molecular weight excluding hydrogens is 543 g/mol. The van der Waals surface area contributed by atoms with Crippen LogP contribution in [-0.4, -0.2) is 47.9 Å². The van der Waals surface area contributed by atoms with Crippen LogP contribution < -0.4 is 10.1 Å². The van der Waals surface area contributed by atoms with Crippen molar-refractivity contribution in [1.82, 2.24) is 15.2 Å². The number of rotatable bonds is 1. The fourth-order valence-electron chi connectivity index (χ4n) is 3.29. The number of hydrogen-bond donors (Lipinski definition) is 1. The van der Waals surface area contributed by atoms with Gasteiger partial charge in [0.1, 0.15) is 16.4 Å². The van der Waals surface area contributed by atoms with Crippen LogP contribution in [0.3, 0.4) is 0 Å². The molecule has 2 aliphatic rings. The predicted octanol–water partition coefficient (Wildman–Crippen LogP) is 5.41. The third-order valence-electron chi connectivity index (χ3n) is 5.14. The standard InChI is InChI=1S/C17H11BrClFN4O3.C5H12O.C2H6/c1-24-13(26)6-17(23-16(24)21-7-25)9-4-8(18)2-3-11(9)27-14-10(17)5-12(19)22-15(14)20;1-5(2,3)6-4;1-2/h2-5,7H,6H2,1H3,(H,21,23,25);1-4H3;1-2H3. The predicted molar refractivity (Wildman–Crippen MR) is 136 cm³/mol. The van der Waals surface area contributed by atoms with Crippen molar-refractivity contribution in [1.29, 1.82) is 0 Å². The number of carbonyl (C=O) groups excluding carboxylic acids is 2. The normalized spacial score (nSPS) is 18.1. The molecule has 0 radical (unpaired) electrons. The second-order valence-electron chi connectivity index (χ2n) is 8.36. The largest absolute Gasteiger partial charge is 0.452 e. The highest BCUT2D eigenvalue weighted by molar-refractivity contribution is 9.10. The van der Waals surface area contributed by atoms with E-state index in [9.17, 15) is 14.0 Å². The molecule has 1 aromatic carbocycles. The van der Waals surface area contributed by atoms with E-state index in [0.717, 1.165) is 4.47 Å². The lowest BCUT2D eigenvalue weighted by Gasteiger charge is -2.41. The van der Waals surface area contributed by atoms with Crippen molar-refractivity contribution in [3.05, 3.63) is 51.0 Å². The molecule has 0 aliphatic carbocycles. The van der Waals surface area contributed by atoms with E-state index in [1.165, 1.54) is 18.0 Å². The Kier molecular flexibility index (Phi) is 9.38. The van der Waals surface area contributed by atoms with Crippen LogP contribution in [0.1, 0.15) is 52.2 Å².